The molecule has 0 aliphatic carbocycles. The van der Waals surface area contributed by atoms with Crippen molar-refractivity contribution >= 4 is 22.5 Å². The summed E-state index contributed by atoms with van der Waals surface area (Å²) in [5.74, 6) is 0. The molecule has 0 aliphatic heterocycles. The Kier molecular flexibility index (Phi) is 2.90. The molecule has 3 nitrogen and oxygen atoms in total. The molecule has 0 spiro atoms. The van der Waals surface area contributed by atoms with E-state index in [4.69, 9.17) is 11.6 Å². The van der Waals surface area contributed by atoms with E-state index >= 15 is 0 Å². The van der Waals surface area contributed by atoms with E-state index in [1.165, 1.54) is 0 Å². The first-order valence-electron chi connectivity index (χ1n) is 5.63. The number of hydrogen-bond donors (Lipinski definition) is 0. The number of nitrogens with zero attached hydrogens (tertiary/aromatic N) is 3. The van der Waals surface area contributed by atoms with Gasteiger partial charge in [-0.1, -0.05) is 24.3 Å². The molecule has 2 heterocycles. The molecule has 0 aliphatic rings. The fourth-order valence-electron chi connectivity index (χ4n) is 1.86. The third-order valence-corrected chi connectivity index (χ3v) is 2.88. The Morgan fingerprint density at radius 3 is 2.61 bits per heavy atom. The maximum atomic E-state index is 5.76. The third kappa shape index (κ3) is 2.31. The van der Waals surface area contributed by atoms with Gasteiger partial charge >= 0.3 is 0 Å². The molecule has 0 bridgehead atoms. The maximum absolute atomic E-state index is 5.76. The number of rotatable bonds is 2. The Morgan fingerprint density at radius 2 is 1.72 bits per heavy atom. The Labute approximate surface area is 109 Å². The van der Waals surface area contributed by atoms with Crippen LogP contribution in [0.25, 0.3) is 10.9 Å². The van der Waals surface area contributed by atoms with E-state index in [-0.39, 0.29) is 5.28 Å². The lowest BCUT2D eigenvalue weighted by atomic mass is 10.1. The topological polar surface area (TPSA) is 38.7 Å². The minimum absolute atomic E-state index is 0.272. The fourth-order valence-corrected chi connectivity index (χ4v) is 2.03. The van der Waals surface area contributed by atoms with E-state index in [0.29, 0.717) is 6.42 Å². The summed E-state index contributed by atoms with van der Waals surface area (Å²) in [6.45, 7) is 0. The van der Waals surface area contributed by atoms with Crippen LogP contribution in [0.2, 0.25) is 5.28 Å². The van der Waals surface area contributed by atoms with Gasteiger partial charge in [-0.3, -0.25) is 4.98 Å². The first-order chi connectivity index (χ1) is 8.81. The first-order valence-corrected chi connectivity index (χ1v) is 6.01. The molecule has 3 aromatic rings. The van der Waals surface area contributed by atoms with Crippen LogP contribution in [0.4, 0.5) is 0 Å². The van der Waals surface area contributed by atoms with Crippen LogP contribution >= 0.6 is 11.6 Å². The Balaban J connectivity index is 1.95. The van der Waals surface area contributed by atoms with Gasteiger partial charge in [0.1, 0.15) is 0 Å². The highest BCUT2D eigenvalue weighted by Gasteiger charge is 2.02. The molecule has 2 aromatic heterocycles. The van der Waals surface area contributed by atoms with Gasteiger partial charge < -0.3 is 0 Å². The number of halogens is 1. The predicted octanol–water partition coefficient (Wildman–Crippen LogP) is 3.27. The summed E-state index contributed by atoms with van der Waals surface area (Å²) in [5, 5.41) is 1.41. The van der Waals surface area contributed by atoms with Crippen molar-refractivity contribution in [2.75, 3.05) is 0 Å². The van der Waals surface area contributed by atoms with E-state index in [1.54, 1.807) is 6.20 Å². The average molecular weight is 256 g/mol. The summed E-state index contributed by atoms with van der Waals surface area (Å²) in [7, 11) is 0. The van der Waals surface area contributed by atoms with E-state index in [1.807, 2.05) is 36.4 Å². The lowest BCUT2D eigenvalue weighted by Gasteiger charge is -2.02. The van der Waals surface area contributed by atoms with Gasteiger partial charge in [0.15, 0.2) is 0 Å². The molecule has 88 valence electrons. The molecule has 4 heteroatoms. The summed E-state index contributed by atoms with van der Waals surface area (Å²) in [4.78, 5) is 12.6. The van der Waals surface area contributed by atoms with Gasteiger partial charge in [-0.05, 0) is 29.8 Å². The predicted molar refractivity (Wildman–Crippen MR) is 71.6 cm³/mol. The summed E-state index contributed by atoms with van der Waals surface area (Å²) in [6.07, 6.45) is 2.32. The zero-order valence-corrected chi connectivity index (χ0v) is 10.3. The number of aromatic nitrogens is 3. The van der Waals surface area contributed by atoms with Crippen molar-refractivity contribution in [2.24, 2.45) is 0 Å². The van der Waals surface area contributed by atoms with Crippen LogP contribution < -0.4 is 0 Å². The molecule has 0 amide bonds. The number of para-hydroxylation sites is 1. The van der Waals surface area contributed by atoms with Gasteiger partial charge in [-0.25, -0.2) is 9.97 Å². The number of fused-ring (bicyclic) bond motifs is 1. The SMILES string of the molecule is Clc1nccc(Cc2ccc3ccccc3n2)n1. The second-order valence-corrected chi connectivity index (χ2v) is 4.33. The molecule has 0 atom stereocenters. The molecule has 0 saturated carbocycles. The van der Waals surface area contributed by atoms with Crippen molar-refractivity contribution in [3.05, 3.63) is 65.3 Å². The smallest absolute Gasteiger partial charge is 0.222 e. The molecular weight excluding hydrogens is 246 g/mol. The summed E-state index contributed by atoms with van der Waals surface area (Å²) < 4.78 is 0. The van der Waals surface area contributed by atoms with Crippen molar-refractivity contribution in [3.63, 3.8) is 0 Å². The van der Waals surface area contributed by atoms with Gasteiger partial charge in [0, 0.05) is 23.7 Å². The second kappa shape index (κ2) is 4.70. The molecule has 0 radical (unpaired) electrons. The zero-order valence-electron chi connectivity index (χ0n) is 9.55. The van der Waals surface area contributed by atoms with Crippen molar-refractivity contribution in [2.45, 2.75) is 6.42 Å². The highest BCUT2D eigenvalue weighted by atomic mass is 35.5. The molecular formula is C14H10ClN3. The van der Waals surface area contributed by atoms with E-state index in [2.05, 4.69) is 21.0 Å². The van der Waals surface area contributed by atoms with Gasteiger partial charge in [-0.2, -0.15) is 0 Å². The van der Waals surface area contributed by atoms with Crippen molar-refractivity contribution in [1.29, 1.82) is 0 Å². The van der Waals surface area contributed by atoms with E-state index in [0.717, 1.165) is 22.3 Å². The summed E-state index contributed by atoms with van der Waals surface area (Å²) in [5.41, 5.74) is 2.84. The van der Waals surface area contributed by atoms with Crippen LogP contribution in [0.15, 0.2) is 48.7 Å². The Morgan fingerprint density at radius 1 is 0.889 bits per heavy atom. The molecule has 3 rings (SSSR count). The lowest BCUT2D eigenvalue weighted by Crippen LogP contribution is -1.96. The van der Waals surface area contributed by atoms with Crippen LogP contribution in [0.3, 0.4) is 0 Å². The van der Waals surface area contributed by atoms with Gasteiger partial charge in [-0.15, -0.1) is 0 Å². The highest BCUT2D eigenvalue weighted by molar-refractivity contribution is 6.28. The van der Waals surface area contributed by atoms with Crippen molar-refractivity contribution in [1.82, 2.24) is 15.0 Å². The summed E-state index contributed by atoms with van der Waals surface area (Å²) in [6, 6.07) is 14.0. The molecule has 0 unspecified atom stereocenters. The number of benzene rings is 1. The third-order valence-electron chi connectivity index (χ3n) is 2.70. The molecule has 0 saturated heterocycles. The van der Waals surface area contributed by atoms with Crippen LogP contribution in [0.1, 0.15) is 11.4 Å². The van der Waals surface area contributed by atoms with Gasteiger partial charge in [0.25, 0.3) is 0 Å². The normalized spacial score (nSPS) is 10.7. The first kappa shape index (κ1) is 11.1. The fraction of sp³-hybridized carbons (Fsp3) is 0.0714. The van der Waals surface area contributed by atoms with Gasteiger partial charge in [0.05, 0.1) is 11.2 Å². The second-order valence-electron chi connectivity index (χ2n) is 3.99. The number of pyridine rings is 1. The monoisotopic (exact) mass is 255 g/mol. The Hall–Kier alpha value is -2.00. The quantitative estimate of drug-likeness (QED) is 0.660. The Bertz CT molecular complexity index is 697. The van der Waals surface area contributed by atoms with Gasteiger partial charge in [0.2, 0.25) is 5.28 Å². The maximum Gasteiger partial charge on any atom is 0.222 e. The molecule has 0 fully saturated rings. The lowest BCUT2D eigenvalue weighted by molar-refractivity contribution is 0.996. The van der Waals surface area contributed by atoms with Crippen molar-refractivity contribution < 1.29 is 0 Å². The standard InChI is InChI=1S/C14H10ClN3/c15-14-16-8-7-12(18-14)9-11-6-5-10-3-1-2-4-13(10)17-11/h1-8H,9H2. The van der Waals surface area contributed by atoms with Crippen LogP contribution in [-0.4, -0.2) is 15.0 Å². The zero-order chi connectivity index (χ0) is 12.4. The highest BCUT2D eigenvalue weighted by Crippen LogP contribution is 2.14. The molecule has 18 heavy (non-hydrogen) atoms. The molecule has 1 aromatic carbocycles. The van der Waals surface area contributed by atoms with E-state index in [9.17, 15) is 0 Å². The van der Waals surface area contributed by atoms with Crippen LogP contribution in [-0.2, 0) is 6.42 Å². The average Bonchev–Trinajstić information content (AvgIpc) is 2.39. The minimum atomic E-state index is 0.272. The minimum Gasteiger partial charge on any atom is -0.252 e. The molecule has 0 N–H and O–H groups in total. The van der Waals surface area contributed by atoms with E-state index < -0.39 is 0 Å². The largest absolute Gasteiger partial charge is 0.252 e. The van der Waals surface area contributed by atoms with Crippen LogP contribution in [0.5, 0.6) is 0 Å². The van der Waals surface area contributed by atoms with Crippen molar-refractivity contribution in [3.8, 4) is 0 Å². The summed E-state index contributed by atoms with van der Waals surface area (Å²) >= 11 is 5.76. The number of hydrogen-bond acceptors (Lipinski definition) is 3. The van der Waals surface area contributed by atoms with Crippen LogP contribution in [0, 0.1) is 0 Å².